The maximum Gasteiger partial charge on any atom is 0.265 e. The normalized spacial score (nSPS) is 11.0. The number of hydrogen-bond donors (Lipinski definition) is 2. The monoisotopic (exact) mass is 323 g/mol. The number of benzene rings is 2. The molecule has 0 aliphatic rings. The van der Waals surface area contributed by atoms with Crippen molar-refractivity contribution in [2.75, 3.05) is 10.6 Å². The molecule has 24 heavy (non-hydrogen) atoms. The highest BCUT2D eigenvalue weighted by molar-refractivity contribution is 5.94. The highest BCUT2D eigenvalue weighted by Gasteiger charge is 2.15. The van der Waals surface area contributed by atoms with Crippen LogP contribution in [0.3, 0.4) is 0 Å². The molecule has 0 fully saturated rings. The number of hydrogen-bond acceptors (Lipinski definition) is 4. The van der Waals surface area contributed by atoms with E-state index in [1.807, 2.05) is 6.07 Å². The summed E-state index contributed by atoms with van der Waals surface area (Å²) < 4.78 is 5.58. The van der Waals surface area contributed by atoms with Gasteiger partial charge in [-0.1, -0.05) is 0 Å². The van der Waals surface area contributed by atoms with Gasteiger partial charge in [-0.3, -0.25) is 9.59 Å². The minimum Gasteiger partial charge on any atom is -0.481 e. The fourth-order valence-electron chi connectivity index (χ4n) is 1.95. The molecule has 0 heterocycles. The summed E-state index contributed by atoms with van der Waals surface area (Å²) in [6.07, 6.45) is -0.702. The van der Waals surface area contributed by atoms with E-state index >= 15 is 0 Å². The number of anilines is 2. The molecule has 2 rings (SSSR count). The zero-order valence-corrected chi connectivity index (χ0v) is 13.4. The number of rotatable bonds is 5. The largest absolute Gasteiger partial charge is 0.481 e. The summed E-state index contributed by atoms with van der Waals surface area (Å²) in [5.41, 5.74) is 1.77. The first-order valence-corrected chi connectivity index (χ1v) is 7.33. The smallest absolute Gasteiger partial charge is 0.265 e. The van der Waals surface area contributed by atoms with Crippen molar-refractivity contribution in [1.82, 2.24) is 0 Å². The Balaban J connectivity index is 1.93. The number of nitrogens with zero attached hydrogens (tertiary/aromatic N) is 1. The van der Waals surface area contributed by atoms with Crippen LogP contribution in [0, 0.1) is 11.3 Å². The lowest BCUT2D eigenvalue weighted by molar-refractivity contribution is -0.122. The summed E-state index contributed by atoms with van der Waals surface area (Å²) >= 11 is 0. The SMILES string of the molecule is CC(=O)Nc1ccc(O[C@H](C)C(=O)Nc2ccc(C#N)cc2)cc1. The highest BCUT2D eigenvalue weighted by Crippen LogP contribution is 2.17. The molecule has 6 heteroatoms. The molecule has 0 saturated carbocycles. The minimum atomic E-state index is -0.702. The zero-order valence-electron chi connectivity index (χ0n) is 13.4. The Morgan fingerprint density at radius 2 is 1.54 bits per heavy atom. The van der Waals surface area contributed by atoms with Crippen molar-refractivity contribution >= 4 is 23.2 Å². The van der Waals surface area contributed by atoms with Crippen LogP contribution >= 0.6 is 0 Å². The fraction of sp³-hybridized carbons (Fsp3) is 0.167. The lowest BCUT2D eigenvalue weighted by atomic mass is 10.2. The zero-order chi connectivity index (χ0) is 17.5. The minimum absolute atomic E-state index is 0.154. The van der Waals surface area contributed by atoms with Crippen molar-refractivity contribution in [3.8, 4) is 11.8 Å². The summed E-state index contributed by atoms with van der Waals surface area (Å²) in [5, 5.41) is 14.1. The Kier molecular flexibility index (Phi) is 5.53. The van der Waals surface area contributed by atoms with Crippen LogP contribution in [-0.2, 0) is 9.59 Å². The van der Waals surface area contributed by atoms with E-state index in [1.165, 1.54) is 6.92 Å². The summed E-state index contributed by atoms with van der Waals surface area (Å²) in [4.78, 5) is 23.1. The third kappa shape index (κ3) is 4.85. The molecular formula is C18H17N3O3. The van der Waals surface area contributed by atoms with E-state index in [4.69, 9.17) is 10.00 Å². The number of amides is 2. The quantitative estimate of drug-likeness (QED) is 0.885. The van der Waals surface area contributed by atoms with Gasteiger partial charge in [-0.25, -0.2) is 0 Å². The van der Waals surface area contributed by atoms with Gasteiger partial charge in [0.2, 0.25) is 5.91 Å². The van der Waals surface area contributed by atoms with E-state index in [2.05, 4.69) is 10.6 Å². The maximum absolute atomic E-state index is 12.1. The molecule has 0 radical (unpaired) electrons. The highest BCUT2D eigenvalue weighted by atomic mass is 16.5. The third-order valence-corrected chi connectivity index (χ3v) is 3.14. The van der Waals surface area contributed by atoms with Crippen molar-refractivity contribution in [3.05, 3.63) is 54.1 Å². The van der Waals surface area contributed by atoms with E-state index in [-0.39, 0.29) is 11.8 Å². The summed E-state index contributed by atoms with van der Waals surface area (Å²) in [6.45, 7) is 3.07. The Hall–Kier alpha value is -3.33. The van der Waals surface area contributed by atoms with Crippen LogP contribution in [0.2, 0.25) is 0 Å². The Morgan fingerprint density at radius 3 is 2.08 bits per heavy atom. The first-order valence-electron chi connectivity index (χ1n) is 7.33. The van der Waals surface area contributed by atoms with Crippen LogP contribution in [-0.4, -0.2) is 17.9 Å². The molecule has 0 saturated heterocycles. The lowest BCUT2D eigenvalue weighted by Gasteiger charge is -2.15. The molecule has 2 amide bonds. The molecule has 2 N–H and O–H groups in total. The van der Waals surface area contributed by atoms with Gasteiger partial charge < -0.3 is 15.4 Å². The van der Waals surface area contributed by atoms with Crippen molar-refractivity contribution in [3.63, 3.8) is 0 Å². The molecule has 0 aliphatic heterocycles. The average molecular weight is 323 g/mol. The van der Waals surface area contributed by atoms with Gasteiger partial charge in [-0.15, -0.1) is 0 Å². The van der Waals surface area contributed by atoms with Crippen LogP contribution in [0.5, 0.6) is 5.75 Å². The maximum atomic E-state index is 12.1. The van der Waals surface area contributed by atoms with Crippen LogP contribution < -0.4 is 15.4 Å². The molecule has 122 valence electrons. The standard InChI is InChI=1S/C18H17N3O3/c1-12(18(23)21-16-5-3-14(11-19)4-6-16)24-17-9-7-15(8-10-17)20-13(2)22/h3-10,12H,1-2H3,(H,20,22)(H,21,23)/t12-/m1/s1. The lowest BCUT2D eigenvalue weighted by Crippen LogP contribution is -2.30. The van der Waals surface area contributed by atoms with Gasteiger partial charge in [-0.05, 0) is 55.5 Å². The topological polar surface area (TPSA) is 91.2 Å². The van der Waals surface area contributed by atoms with Crippen molar-refractivity contribution < 1.29 is 14.3 Å². The van der Waals surface area contributed by atoms with Gasteiger partial charge >= 0.3 is 0 Å². The first kappa shape index (κ1) is 17.0. The van der Waals surface area contributed by atoms with Gasteiger partial charge in [-0.2, -0.15) is 5.26 Å². The van der Waals surface area contributed by atoms with E-state index in [9.17, 15) is 9.59 Å². The Morgan fingerprint density at radius 1 is 1.00 bits per heavy atom. The van der Waals surface area contributed by atoms with Crippen molar-refractivity contribution in [1.29, 1.82) is 5.26 Å². The van der Waals surface area contributed by atoms with Crippen molar-refractivity contribution in [2.24, 2.45) is 0 Å². The molecule has 0 aromatic heterocycles. The second-order valence-electron chi connectivity index (χ2n) is 5.14. The molecule has 6 nitrogen and oxygen atoms in total. The molecule has 2 aromatic carbocycles. The first-order chi connectivity index (χ1) is 11.5. The number of nitriles is 1. The van der Waals surface area contributed by atoms with Crippen LogP contribution in [0.15, 0.2) is 48.5 Å². The number of carbonyl (C=O) groups is 2. The van der Waals surface area contributed by atoms with Crippen LogP contribution in [0.1, 0.15) is 19.4 Å². The molecule has 0 spiro atoms. The van der Waals surface area contributed by atoms with Gasteiger partial charge in [0.05, 0.1) is 11.6 Å². The average Bonchev–Trinajstić information content (AvgIpc) is 2.56. The second kappa shape index (κ2) is 7.79. The van der Waals surface area contributed by atoms with Gasteiger partial charge in [0.1, 0.15) is 5.75 Å². The molecule has 0 aliphatic carbocycles. The van der Waals surface area contributed by atoms with E-state index in [1.54, 1.807) is 55.5 Å². The molecule has 0 bridgehead atoms. The second-order valence-corrected chi connectivity index (χ2v) is 5.14. The Bertz CT molecular complexity index is 762. The number of nitrogens with one attached hydrogen (secondary N) is 2. The predicted molar refractivity (Wildman–Crippen MR) is 90.6 cm³/mol. The third-order valence-electron chi connectivity index (χ3n) is 3.14. The summed E-state index contributed by atoms with van der Waals surface area (Å²) in [7, 11) is 0. The van der Waals surface area contributed by atoms with Gasteiger partial charge in [0, 0.05) is 18.3 Å². The summed E-state index contributed by atoms with van der Waals surface area (Å²) in [5.74, 6) is 0.0658. The predicted octanol–water partition coefficient (Wildman–Crippen LogP) is 2.92. The van der Waals surface area contributed by atoms with E-state index in [0.29, 0.717) is 22.7 Å². The van der Waals surface area contributed by atoms with Gasteiger partial charge in [0.15, 0.2) is 6.10 Å². The molecular weight excluding hydrogens is 306 g/mol. The fourth-order valence-corrected chi connectivity index (χ4v) is 1.95. The Labute approximate surface area is 140 Å². The molecule has 2 aromatic rings. The molecule has 0 unspecified atom stereocenters. The summed E-state index contributed by atoms with van der Waals surface area (Å²) in [6, 6.07) is 15.3. The number of ether oxygens (including phenoxy) is 1. The number of carbonyl (C=O) groups excluding carboxylic acids is 2. The van der Waals surface area contributed by atoms with Crippen molar-refractivity contribution in [2.45, 2.75) is 20.0 Å². The van der Waals surface area contributed by atoms with E-state index in [0.717, 1.165) is 0 Å². The molecule has 1 atom stereocenters. The van der Waals surface area contributed by atoms with E-state index < -0.39 is 6.10 Å². The van der Waals surface area contributed by atoms with Crippen LogP contribution in [0.4, 0.5) is 11.4 Å². The van der Waals surface area contributed by atoms with Gasteiger partial charge in [0.25, 0.3) is 5.91 Å². The van der Waals surface area contributed by atoms with Crippen LogP contribution in [0.25, 0.3) is 0 Å².